The van der Waals surface area contributed by atoms with Crippen molar-refractivity contribution in [2.75, 3.05) is 13.1 Å². The monoisotopic (exact) mass is 420 g/mol. The molecule has 4 N–H and O–H groups in total. The Morgan fingerprint density at radius 1 is 1.33 bits per heavy atom. The summed E-state index contributed by atoms with van der Waals surface area (Å²) in [6.07, 6.45) is 1.36. The third kappa shape index (κ3) is 4.82. The van der Waals surface area contributed by atoms with Crippen LogP contribution in [0.3, 0.4) is 0 Å². The summed E-state index contributed by atoms with van der Waals surface area (Å²) in [6, 6.07) is 4.05. The Morgan fingerprint density at radius 3 is 2.67 bits per heavy atom. The Kier molecular flexibility index (Phi) is 6.07. The number of carbonyl (C=O) groups excluding carboxylic acids is 1. The molecule has 0 bridgehead atoms. The van der Waals surface area contributed by atoms with Crippen LogP contribution in [0.4, 0.5) is 10.1 Å². The molecule has 1 aromatic carbocycles. The number of amidine groups is 1. The maximum Gasteiger partial charge on any atom is 0.276 e. The molecule has 1 unspecified atom stereocenters. The third-order valence-corrected chi connectivity index (χ3v) is 5.52. The van der Waals surface area contributed by atoms with Crippen LogP contribution in [0.5, 0.6) is 0 Å². The number of carbonyl (C=O) groups is 1. The second-order valence-corrected chi connectivity index (χ2v) is 7.93. The van der Waals surface area contributed by atoms with Crippen LogP contribution in [-0.2, 0) is 15.0 Å². The van der Waals surface area contributed by atoms with Gasteiger partial charge in [0.2, 0.25) is 5.78 Å². The van der Waals surface area contributed by atoms with Crippen molar-refractivity contribution in [3.8, 4) is 0 Å². The van der Waals surface area contributed by atoms with E-state index in [1.807, 2.05) is 0 Å². The predicted octanol–water partition coefficient (Wildman–Crippen LogP) is 1.45. The second kappa shape index (κ2) is 7.68. The van der Waals surface area contributed by atoms with Gasteiger partial charge in [0, 0.05) is 19.0 Å². The van der Waals surface area contributed by atoms with E-state index in [0.29, 0.717) is 24.9 Å². The van der Waals surface area contributed by atoms with Gasteiger partial charge in [-0.05, 0) is 53.4 Å². The fraction of sp³-hybridized carbons (Fsp3) is 0.429. The first-order chi connectivity index (χ1) is 11.2. The minimum Gasteiger partial charge on any atom is -0.381 e. The minimum atomic E-state index is -3.76. The minimum absolute atomic E-state index is 0.171. The summed E-state index contributed by atoms with van der Waals surface area (Å²) >= 11 is 3.04. The number of aliphatic imine (C=N–C) groups is 1. The Morgan fingerprint density at radius 2 is 2.04 bits per heavy atom. The lowest BCUT2D eigenvalue weighted by Crippen LogP contribution is -2.37. The van der Waals surface area contributed by atoms with Gasteiger partial charge in [0.1, 0.15) is 5.82 Å². The summed E-state index contributed by atoms with van der Waals surface area (Å²) in [4.78, 5) is 16.4. The summed E-state index contributed by atoms with van der Waals surface area (Å²) < 4.78 is 37.4. The van der Waals surface area contributed by atoms with Crippen molar-refractivity contribution in [2.24, 2.45) is 21.8 Å². The molecule has 10 heteroatoms. The summed E-state index contributed by atoms with van der Waals surface area (Å²) in [7, 11) is -3.76. The van der Waals surface area contributed by atoms with Crippen LogP contribution < -0.4 is 10.9 Å². The molecule has 1 aromatic rings. The molecule has 0 radical (unpaired) electrons. The van der Waals surface area contributed by atoms with Gasteiger partial charge in [-0.2, -0.15) is 12.7 Å². The molecule has 1 aliphatic heterocycles. The smallest absolute Gasteiger partial charge is 0.276 e. The maximum atomic E-state index is 13.2. The zero-order valence-corrected chi connectivity index (χ0v) is 15.2. The van der Waals surface area contributed by atoms with E-state index in [1.165, 1.54) is 18.2 Å². The molecule has 7 nitrogen and oxygen atoms in total. The van der Waals surface area contributed by atoms with Crippen LogP contribution in [0, 0.1) is 11.7 Å². The lowest BCUT2D eigenvalue weighted by Gasteiger charge is -2.16. The van der Waals surface area contributed by atoms with Crippen molar-refractivity contribution in [2.45, 2.75) is 19.3 Å². The van der Waals surface area contributed by atoms with E-state index in [4.69, 9.17) is 10.9 Å². The summed E-state index contributed by atoms with van der Waals surface area (Å²) in [5.74, 6) is -1.37. The van der Waals surface area contributed by atoms with E-state index in [-0.39, 0.29) is 29.2 Å². The molecular weight excluding hydrogens is 403 g/mol. The highest BCUT2D eigenvalue weighted by molar-refractivity contribution is 9.10. The van der Waals surface area contributed by atoms with Crippen molar-refractivity contribution in [3.05, 3.63) is 28.5 Å². The predicted molar refractivity (Wildman–Crippen MR) is 92.4 cm³/mol. The van der Waals surface area contributed by atoms with Crippen molar-refractivity contribution < 1.29 is 17.6 Å². The van der Waals surface area contributed by atoms with E-state index in [9.17, 15) is 17.6 Å². The standard InChI is InChI=1S/C14H18BrFN4O3S/c15-11-8-10(3-4-12(11)16)19-14(17)13(21)9-2-1-6-20(7-5-9)24(18,22)23/h3-4,8-9H,1-2,5-7H2,(H2,17,19)(H2,18,22,23). The first-order valence-electron chi connectivity index (χ1n) is 7.30. The van der Waals surface area contributed by atoms with Crippen LogP contribution in [0.1, 0.15) is 19.3 Å². The van der Waals surface area contributed by atoms with Gasteiger partial charge in [0.05, 0.1) is 10.2 Å². The molecule has 132 valence electrons. The van der Waals surface area contributed by atoms with Crippen molar-refractivity contribution >= 4 is 43.4 Å². The SMILES string of the molecule is NC(=Nc1ccc(F)c(Br)c1)C(=O)C1CCCN(S(N)(=O)=O)CC1. The number of benzene rings is 1. The van der Waals surface area contributed by atoms with E-state index < -0.39 is 21.9 Å². The van der Waals surface area contributed by atoms with E-state index in [0.717, 1.165) is 4.31 Å². The summed E-state index contributed by atoms with van der Waals surface area (Å²) in [6.45, 7) is 0.454. The Bertz CT molecular complexity index is 769. The molecule has 1 saturated heterocycles. The molecule has 0 spiro atoms. The third-order valence-electron chi connectivity index (χ3n) is 3.82. The number of Topliss-reactive ketones (excluding diaryl/α,β-unsaturated/α-hetero) is 1. The highest BCUT2D eigenvalue weighted by atomic mass is 79.9. The topological polar surface area (TPSA) is 119 Å². The van der Waals surface area contributed by atoms with Crippen LogP contribution in [0.2, 0.25) is 0 Å². The Labute approximate surface area is 148 Å². The zero-order chi connectivity index (χ0) is 17.9. The normalized spacial score (nSPS) is 20.6. The molecule has 24 heavy (non-hydrogen) atoms. The number of ketones is 1. The highest BCUT2D eigenvalue weighted by Gasteiger charge is 2.28. The molecule has 0 aromatic heterocycles. The van der Waals surface area contributed by atoms with E-state index >= 15 is 0 Å². The largest absolute Gasteiger partial charge is 0.381 e. The van der Waals surface area contributed by atoms with E-state index in [2.05, 4.69) is 20.9 Å². The Balaban J connectivity index is 2.10. The van der Waals surface area contributed by atoms with Gasteiger partial charge in [0.25, 0.3) is 10.2 Å². The molecule has 0 saturated carbocycles. The molecule has 0 amide bonds. The van der Waals surface area contributed by atoms with Gasteiger partial charge in [-0.3, -0.25) is 4.79 Å². The summed E-state index contributed by atoms with van der Waals surface area (Å²) in [5, 5.41) is 5.12. The average Bonchev–Trinajstić information content (AvgIpc) is 2.76. The quantitative estimate of drug-likeness (QED) is 0.565. The zero-order valence-electron chi connectivity index (χ0n) is 12.8. The maximum absolute atomic E-state index is 13.2. The van der Waals surface area contributed by atoms with Gasteiger partial charge >= 0.3 is 0 Å². The fourth-order valence-electron chi connectivity index (χ4n) is 2.54. The van der Waals surface area contributed by atoms with Crippen LogP contribution in [0.15, 0.2) is 27.7 Å². The first kappa shape index (κ1) is 19.0. The lowest BCUT2D eigenvalue weighted by atomic mass is 9.95. The number of rotatable bonds is 4. The molecule has 1 atom stereocenters. The van der Waals surface area contributed by atoms with Crippen molar-refractivity contribution in [3.63, 3.8) is 0 Å². The average molecular weight is 421 g/mol. The number of hydrogen-bond donors (Lipinski definition) is 2. The van der Waals surface area contributed by atoms with Gasteiger partial charge in [-0.25, -0.2) is 14.5 Å². The van der Waals surface area contributed by atoms with Crippen molar-refractivity contribution in [1.29, 1.82) is 0 Å². The fourth-order valence-corrected chi connectivity index (χ4v) is 3.65. The molecule has 1 fully saturated rings. The number of nitrogens with zero attached hydrogens (tertiary/aromatic N) is 2. The number of halogens is 2. The van der Waals surface area contributed by atoms with Gasteiger partial charge in [-0.15, -0.1) is 0 Å². The van der Waals surface area contributed by atoms with Crippen molar-refractivity contribution in [1.82, 2.24) is 4.31 Å². The first-order valence-corrected chi connectivity index (χ1v) is 9.59. The molecular formula is C14H18BrFN4O3S. The van der Waals surface area contributed by atoms with Gasteiger partial charge in [-0.1, -0.05) is 0 Å². The van der Waals surface area contributed by atoms with Crippen LogP contribution >= 0.6 is 15.9 Å². The van der Waals surface area contributed by atoms with Crippen LogP contribution in [0.25, 0.3) is 0 Å². The van der Waals surface area contributed by atoms with E-state index in [1.54, 1.807) is 0 Å². The molecule has 2 rings (SSSR count). The second-order valence-electron chi connectivity index (χ2n) is 5.53. The number of nitrogens with two attached hydrogens (primary N) is 2. The molecule has 1 heterocycles. The highest BCUT2D eigenvalue weighted by Crippen LogP contribution is 2.23. The summed E-state index contributed by atoms with van der Waals surface area (Å²) in [5.41, 5.74) is 6.13. The van der Waals surface area contributed by atoms with Crippen LogP contribution in [-0.4, -0.2) is 37.4 Å². The lowest BCUT2D eigenvalue weighted by molar-refractivity contribution is -0.116. The molecule has 0 aliphatic carbocycles. The number of hydrogen-bond acceptors (Lipinski definition) is 4. The van der Waals surface area contributed by atoms with Gasteiger partial charge in [0.15, 0.2) is 5.84 Å². The molecule has 1 aliphatic rings. The van der Waals surface area contributed by atoms with Gasteiger partial charge < -0.3 is 5.73 Å². The Hall–Kier alpha value is -1.36.